The summed E-state index contributed by atoms with van der Waals surface area (Å²) >= 11 is 0. The molecular formula is C20H18F2N8O. The van der Waals surface area contributed by atoms with E-state index in [0.29, 0.717) is 29.1 Å². The van der Waals surface area contributed by atoms with Gasteiger partial charge in [-0.15, -0.1) is 0 Å². The summed E-state index contributed by atoms with van der Waals surface area (Å²) in [6, 6.07) is 4.96. The lowest BCUT2D eigenvalue weighted by atomic mass is 10.1. The van der Waals surface area contributed by atoms with Gasteiger partial charge in [-0.25, -0.2) is 19.9 Å². The van der Waals surface area contributed by atoms with E-state index in [9.17, 15) is 13.6 Å². The van der Waals surface area contributed by atoms with E-state index in [0.717, 1.165) is 6.92 Å². The molecule has 0 atom stereocenters. The number of carbonyl (C=O) groups excluding carboxylic acids is 1. The third-order valence-electron chi connectivity index (χ3n) is 4.05. The predicted molar refractivity (Wildman–Crippen MR) is 109 cm³/mol. The normalized spacial score (nSPS) is 11.0. The van der Waals surface area contributed by atoms with Gasteiger partial charge < -0.3 is 10.6 Å². The summed E-state index contributed by atoms with van der Waals surface area (Å²) in [6.45, 7) is 3.86. The number of aromatic nitrogens is 5. The zero-order chi connectivity index (χ0) is 22.6. The first-order valence-corrected chi connectivity index (χ1v) is 9.23. The molecule has 0 aliphatic rings. The van der Waals surface area contributed by atoms with Gasteiger partial charge in [-0.1, -0.05) is 6.92 Å². The fraction of sp³-hybridized carbons (Fsp3) is 0.250. The summed E-state index contributed by atoms with van der Waals surface area (Å²) in [5.41, 5.74) is 1.81. The molecule has 31 heavy (non-hydrogen) atoms. The van der Waals surface area contributed by atoms with E-state index in [1.807, 2.05) is 6.07 Å². The van der Waals surface area contributed by atoms with Crippen LogP contribution in [0.3, 0.4) is 0 Å². The molecule has 0 saturated carbocycles. The van der Waals surface area contributed by atoms with Crippen LogP contribution in [0, 0.1) is 11.3 Å². The maximum atomic E-state index is 13.9. The molecule has 0 spiro atoms. The molecule has 3 rings (SSSR count). The Morgan fingerprint density at radius 1 is 1.13 bits per heavy atom. The molecule has 1 amide bonds. The molecule has 0 aliphatic heterocycles. The lowest BCUT2D eigenvalue weighted by Crippen LogP contribution is -2.15. The van der Waals surface area contributed by atoms with Crippen LogP contribution in [0.25, 0.3) is 11.3 Å². The molecule has 0 radical (unpaired) electrons. The highest BCUT2D eigenvalue weighted by molar-refractivity contribution is 5.89. The van der Waals surface area contributed by atoms with Crippen molar-refractivity contribution < 1.29 is 13.6 Å². The van der Waals surface area contributed by atoms with Crippen LogP contribution >= 0.6 is 0 Å². The van der Waals surface area contributed by atoms with Crippen molar-refractivity contribution in [3.8, 4) is 17.3 Å². The number of halogens is 2. The number of carbonyl (C=O) groups is 1. The average molecular weight is 424 g/mol. The van der Waals surface area contributed by atoms with Crippen LogP contribution in [0.2, 0.25) is 0 Å². The fourth-order valence-corrected chi connectivity index (χ4v) is 2.61. The van der Waals surface area contributed by atoms with Crippen molar-refractivity contribution in [1.82, 2.24) is 24.9 Å². The first-order valence-electron chi connectivity index (χ1n) is 9.23. The second kappa shape index (κ2) is 8.74. The Morgan fingerprint density at radius 3 is 2.48 bits per heavy atom. The Labute approximate surface area is 176 Å². The molecule has 2 N–H and O–H groups in total. The van der Waals surface area contributed by atoms with Crippen LogP contribution in [0.5, 0.6) is 0 Å². The van der Waals surface area contributed by atoms with E-state index in [1.165, 1.54) is 31.6 Å². The Kier molecular flexibility index (Phi) is 6.10. The highest BCUT2D eigenvalue weighted by Gasteiger charge is 2.29. The quantitative estimate of drug-likeness (QED) is 0.614. The van der Waals surface area contributed by atoms with Crippen molar-refractivity contribution in [2.24, 2.45) is 0 Å². The minimum Gasteiger partial charge on any atom is -0.339 e. The first-order chi connectivity index (χ1) is 14.7. The third-order valence-corrected chi connectivity index (χ3v) is 4.05. The summed E-state index contributed by atoms with van der Waals surface area (Å²) in [4.78, 5) is 31.6. The molecule has 0 aliphatic carbocycles. The smallest absolute Gasteiger partial charge is 0.303 e. The Morgan fingerprint density at radius 2 is 1.90 bits per heavy atom. The molecule has 0 fully saturated rings. The number of hydrogen-bond acceptors (Lipinski definition) is 8. The molecule has 3 aromatic rings. The first kappa shape index (κ1) is 21.6. The molecule has 0 aromatic carbocycles. The molecule has 11 heteroatoms. The highest BCUT2D eigenvalue weighted by atomic mass is 19.3. The molecule has 0 saturated heterocycles. The van der Waals surface area contributed by atoms with Gasteiger partial charge in [0.2, 0.25) is 11.7 Å². The number of rotatable bonds is 6. The average Bonchev–Trinajstić information content (AvgIpc) is 2.73. The van der Waals surface area contributed by atoms with Crippen molar-refractivity contribution in [3.63, 3.8) is 0 Å². The number of nitriles is 1. The van der Waals surface area contributed by atoms with Crippen molar-refractivity contribution in [3.05, 3.63) is 47.9 Å². The highest BCUT2D eigenvalue weighted by Crippen LogP contribution is 2.31. The molecular weight excluding hydrogens is 406 g/mol. The Hall–Kier alpha value is -4.07. The monoisotopic (exact) mass is 424 g/mol. The second-order valence-electron chi connectivity index (χ2n) is 6.63. The van der Waals surface area contributed by atoms with Crippen molar-refractivity contribution in [1.29, 1.82) is 5.26 Å². The number of alkyl halides is 2. The number of hydrogen-bond donors (Lipinski definition) is 2. The van der Waals surface area contributed by atoms with Crippen LogP contribution in [0.1, 0.15) is 38.0 Å². The summed E-state index contributed by atoms with van der Waals surface area (Å²) in [6.07, 6.45) is 4.57. The van der Waals surface area contributed by atoms with Crippen LogP contribution in [0.4, 0.5) is 26.1 Å². The lowest BCUT2D eigenvalue weighted by molar-refractivity contribution is -0.114. The van der Waals surface area contributed by atoms with Gasteiger partial charge in [0.25, 0.3) is 0 Å². The van der Waals surface area contributed by atoms with Gasteiger partial charge in [-0.05, 0) is 6.42 Å². The Bertz CT molecular complexity index is 1150. The van der Waals surface area contributed by atoms with Crippen molar-refractivity contribution >= 4 is 23.2 Å². The molecule has 0 bridgehead atoms. The fourth-order valence-electron chi connectivity index (χ4n) is 2.61. The number of pyridine rings is 1. The molecule has 3 heterocycles. The summed E-state index contributed by atoms with van der Waals surface area (Å²) in [7, 11) is 0. The third kappa shape index (κ3) is 5.30. The Balaban J connectivity index is 2.09. The van der Waals surface area contributed by atoms with Gasteiger partial charge in [-0.3, -0.25) is 9.78 Å². The van der Waals surface area contributed by atoms with E-state index in [2.05, 4.69) is 35.6 Å². The van der Waals surface area contributed by atoms with E-state index in [1.54, 1.807) is 13.0 Å². The summed E-state index contributed by atoms with van der Waals surface area (Å²) < 4.78 is 27.7. The van der Waals surface area contributed by atoms with Crippen LogP contribution in [0.15, 0.2) is 30.7 Å². The minimum absolute atomic E-state index is 0.138. The molecule has 158 valence electrons. The van der Waals surface area contributed by atoms with E-state index in [-0.39, 0.29) is 23.2 Å². The van der Waals surface area contributed by atoms with Gasteiger partial charge in [0.1, 0.15) is 17.7 Å². The zero-order valence-electron chi connectivity index (χ0n) is 16.9. The zero-order valence-corrected chi connectivity index (χ0v) is 16.9. The number of nitrogens with one attached hydrogen (secondary N) is 2. The van der Waals surface area contributed by atoms with E-state index < -0.39 is 11.7 Å². The van der Waals surface area contributed by atoms with Gasteiger partial charge in [0.15, 0.2) is 5.69 Å². The van der Waals surface area contributed by atoms with Crippen LogP contribution < -0.4 is 10.6 Å². The second-order valence-corrected chi connectivity index (χ2v) is 6.63. The van der Waals surface area contributed by atoms with Crippen molar-refractivity contribution in [2.75, 3.05) is 10.6 Å². The summed E-state index contributed by atoms with van der Waals surface area (Å²) in [5.74, 6) is -3.77. The van der Waals surface area contributed by atoms with Crippen LogP contribution in [-0.2, 0) is 17.1 Å². The molecule has 3 aromatic heterocycles. The van der Waals surface area contributed by atoms with Crippen molar-refractivity contribution in [2.45, 2.75) is 33.1 Å². The SMILES string of the molecule is CCc1cc(Nc2cc(NC(C)=O)ncc2-c2cnc(C#N)cn2)nc(C(C)(F)F)n1. The summed E-state index contributed by atoms with van der Waals surface area (Å²) in [5, 5.41) is 14.5. The van der Waals surface area contributed by atoms with Gasteiger partial charge in [-0.2, -0.15) is 14.0 Å². The maximum Gasteiger partial charge on any atom is 0.303 e. The predicted octanol–water partition coefficient (Wildman–Crippen LogP) is 3.58. The standard InChI is InChI=1S/C20H18F2N8O/c1-4-12-5-18(30-19(28-12)20(3,21)22)29-15-6-17(27-11(2)31)26-9-14(15)16-10-24-13(7-23)8-25-16/h5-6,8-10H,4H2,1-3H3,(H2,26,27,28,29,30,31). The molecule has 9 nitrogen and oxygen atoms in total. The minimum atomic E-state index is -3.22. The number of anilines is 3. The number of nitrogens with zero attached hydrogens (tertiary/aromatic N) is 6. The van der Waals surface area contributed by atoms with E-state index >= 15 is 0 Å². The number of aryl methyl sites for hydroxylation is 1. The topological polar surface area (TPSA) is 129 Å². The molecule has 0 unspecified atom stereocenters. The lowest BCUT2D eigenvalue weighted by Gasteiger charge is -2.15. The van der Waals surface area contributed by atoms with Gasteiger partial charge >= 0.3 is 5.92 Å². The van der Waals surface area contributed by atoms with E-state index in [4.69, 9.17) is 5.26 Å². The largest absolute Gasteiger partial charge is 0.339 e. The maximum absolute atomic E-state index is 13.9. The van der Waals surface area contributed by atoms with Crippen LogP contribution in [-0.4, -0.2) is 30.8 Å². The van der Waals surface area contributed by atoms with Gasteiger partial charge in [0, 0.05) is 43.4 Å². The number of amides is 1. The van der Waals surface area contributed by atoms with Gasteiger partial charge in [0.05, 0.1) is 23.8 Å².